The number of hydrogen-bond donors (Lipinski definition) is 2. The molecule has 0 heterocycles. The summed E-state index contributed by atoms with van der Waals surface area (Å²) < 4.78 is 5.14. The van der Waals surface area contributed by atoms with Gasteiger partial charge in [-0.15, -0.1) is 24.0 Å². The highest BCUT2D eigenvalue weighted by Gasteiger charge is 2.08. The van der Waals surface area contributed by atoms with Crippen LogP contribution in [0, 0.1) is 0 Å². The van der Waals surface area contributed by atoms with Gasteiger partial charge in [0, 0.05) is 39.9 Å². The van der Waals surface area contributed by atoms with Crippen LogP contribution in [0.4, 0.5) is 0 Å². The van der Waals surface area contributed by atoms with Gasteiger partial charge in [-0.05, 0) is 42.2 Å². The third kappa shape index (κ3) is 8.71. The molecule has 0 radical (unpaired) electrons. The summed E-state index contributed by atoms with van der Waals surface area (Å²) in [5.41, 5.74) is 4.14. The SMILES string of the molecule is CCNC(=NCc1ccc(COC)cc1)NCCc1cccc(C(=O)N(C)C)c1.I. The second-order valence-electron chi connectivity index (χ2n) is 7.02. The first-order chi connectivity index (χ1) is 14.0. The predicted molar refractivity (Wildman–Crippen MR) is 134 cm³/mol. The molecule has 2 rings (SSSR count). The molecule has 1 amide bonds. The molecule has 0 saturated carbocycles. The van der Waals surface area contributed by atoms with Crippen molar-refractivity contribution in [1.82, 2.24) is 15.5 Å². The minimum absolute atomic E-state index is 0. The quantitative estimate of drug-likeness (QED) is 0.300. The van der Waals surface area contributed by atoms with Crippen LogP contribution in [0.1, 0.15) is 34.0 Å². The zero-order chi connectivity index (χ0) is 21.1. The zero-order valence-corrected chi connectivity index (χ0v) is 20.6. The molecule has 164 valence electrons. The van der Waals surface area contributed by atoms with E-state index in [9.17, 15) is 4.79 Å². The number of ether oxygens (including phenoxy) is 1. The van der Waals surface area contributed by atoms with Crippen LogP contribution in [-0.2, 0) is 24.3 Å². The van der Waals surface area contributed by atoms with Gasteiger partial charge in [0.25, 0.3) is 5.91 Å². The largest absolute Gasteiger partial charge is 0.380 e. The van der Waals surface area contributed by atoms with E-state index in [0.29, 0.717) is 18.7 Å². The Labute approximate surface area is 197 Å². The lowest BCUT2D eigenvalue weighted by Crippen LogP contribution is -2.38. The van der Waals surface area contributed by atoms with Gasteiger partial charge >= 0.3 is 0 Å². The Bertz CT molecular complexity index is 807. The van der Waals surface area contributed by atoms with E-state index in [0.717, 1.165) is 42.2 Å². The fourth-order valence-electron chi connectivity index (χ4n) is 2.86. The van der Waals surface area contributed by atoms with Gasteiger partial charge in [0.15, 0.2) is 5.96 Å². The fraction of sp³-hybridized carbons (Fsp3) is 0.391. The standard InChI is InChI=1S/C23H32N4O2.HI/c1-5-24-23(26-16-19-9-11-20(12-10-19)17-29-4)25-14-13-18-7-6-8-21(15-18)22(28)27(2)3;/h6-12,15H,5,13-14,16-17H2,1-4H3,(H2,24,25,26);1H. The van der Waals surface area contributed by atoms with Crippen LogP contribution >= 0.6 is 24.0 Å². The summed E-state index contributed by atoms with van der Waals surface area (Å²) in [4.78, 5) is 18.4. The van der Waals surface area contributed by atoms with Crippen LogP contribution in [0.3, 0.4) is 0 Å². The number of carbonyl (C=O) groups excluding carboxylic acids is 1. The summed E-state index contributed by atoms with van der Waals surface area (Å²) >= 11 is 0. The summed E-state index contributed by atoms with van der Waals surface area (Å²) in [6.45, 7) is 4.81. The monoisotopic (exact) mass is 524 g/mol. The third-order valence-electron chi connectivity index (χ3n) is 4.38. The normalized spacial score (nSPS) is 10.9. The molecule has 0 atom stereocenters. The molecule has 2 aromatic carbocycles. The number of nitrogens with one attached hydrogen (secondary N) is 2. The van der Waals surface area contributed by atoms with Crippen LogP contribution in [0.25, 0.3) is 0 Å². The first-order valence-electron chi connectivity index (χ1n) is 9.93. The number of hydrogen-bond acceptors (Lipinski definition) is 3. The van der Waals surface area contributed by atoms with Crippen molar-refractivity contribution < 1.29 is 9.53 Å². The lowest BCUT2D eigenvalue weighted by Gasteiger charge is -2.13. The molecule has 0 spiro atoms. The van der Waals surface area contributed by atoms with E-state index in [2.05, 4.69) is 39.9 Å². The number of halogens is 1. The first kappa shape index (κ1) is 25.9. The molecule has 0 saturated heterocycles. The number of amides is 1. The lowest BCUT2D eigenvalue weighted by atomic mass is 10.1. The summed E-state index contributed by atoms with van der Waals surface area (Å²) in [7, 11) is 5.23. The number of benzene rings is 2. The number of guanidine groups is 1. The molecule has 30 heavy (non-hydrogen) atoms. The molecular weight excluding hydrogens is 491 g/mol. The topological polar surface area (TPSA) is 66.0 Å². The Kier molecular flexibility index (Phi) is 12.1. The maximum absolute atomic E-state index is 12.1. The molecule has 6 nitrogen and oxygen atoms in total. The van der Waals surface area contributed by atoms with Crippen molar-refractivity contribution in [3.05, 3.63) is 70.8 Å². The molecule has 2 N–H and O–H groups in total. The number of nitrogens with zero attached hydrogens (tertiary/aromatic N) is 2. The Morgan fingerprint density at radius 3 is 2.37 bits per heavy atom. The molecule has 7 heteroatoms. The minimum atomic E-state index is 0. The highest BCUT2D eigenvalue weighted by Crippen LogP contribution is 2.08. The molecule has 0 bridgehead atoms. The zero-order valence-electron chi connectivity index (χ0n) is 18.3. The van der Waals surface area contributed by atoms with E-state index < -0.39 is 0 Å². The molecule has 0 unspecified atom stereocenters. The van der Waals surface area contributed by atoms with Crippen molar-refractivity contribution in [2.24, 2.45) is 4.99 Å². The second kappa shape index (κ2) is 14.0. The van der Waals surface area contributed by atoms with Crippen LogP contribution in [0.15, 0.2) is 53.5 Å². The lowest BCUT2D eigenvalue weighted by molar-refractivity contribution is 0.0827. The summed E-state index contributed by atoms with van der Waals surface area (Å²) in [5.74, 6) is 0.806. The molecule has 0 aliphatic rings. The smallest absolute Gasteiger partial charge is 0.253 e. The molecule has 0 aliphatic carbocycles. The van der Waals surface area contributed by atoms with Crippen LogP contribution < -0.4 is 10.6 Å². The molecule has 0 aromatic heterocycles. The van der Waals surface area contributed by atoms with Gasteiger partial charge in [0.1, 0.15) is 0 Å². The second-order valence-corrected chi connectivity index (χ2v) is 7.02. The fourth-order valence-corrected chi connectivity index (χ4v) is 2.86. The predicted octanol–water partition coefficient (Wildman–Crippen LogP) is 3.45. The Balaban J connectivity index is 0.00000450. The highest BCUT2D eigenvalue weighted by molar-refractivity contribution is 14.0. The van der Waals surface area contributed by atoms with Crippen molar-refractivity contribution in [2.45, 2.75) is 26.5 Å². The highest BCUT2D eigenvalue weighted by atomic mass is 127. The Morgan fingerprint density at radius 2 is 1.73 bits per heavy atom. The van der Waals surface area contributed by atoms with E-state index in [1.54, 1.807) is 26.1 Å². The average molecular weight is 524 g/mol. The molecule has 2 aromatic rings. The first-order valence-corrected chi connectivity index (χ1v) is 9.93. The van der Waals surface area contributed by atoms with Crippen molar-refractivity contribution >= 4 is 35.8 Å². The van der Waals surface area contributed by atoms with E-state index in [1.165, 1.54) is 0 Å². The number of carbonyl (C=O) groups is 1. The molecule has 0 fully saturated rings. The summed E-state index contributed by atoms with van der Waals surface area (Å²) in [6, 6.07) is 16.1. The van der Waals surface area contributed by atoms with Gasteiger partial charge in [-0.25, -0.2) is 4.99 Å². The number of rotatable bonds is 9. The van der Waals surface area contributed by atoms with Crippen molar-refractivity contribution in [3.63, 3.8) is 0 Å². The van der Waals surface area contributed by atoms with Crippen molar-refractivity contribution in [2.75, 3.05) is 34.3 Å². The van der Waals surface area contributed by atoms with Gasteiger partial charge in [-0.2, -0.15) is 0 Å². The maximum atomic E-state index is 12.1. The summed E-state index contributed by atoms with van der Waals surface area (Å²) in [6.07, 6.45) is 0.810. The number of methoxy groups -OCH3 is 1. The average Bonchev–Trinajstić information content (AvgIpc) is 2.73. The van der Waals surface area contributed by atoms with E-state index in [-0.39, 0.29) is 29.9 Å². The van der Waals surface area contributed by atoms with Gasteiger partial charge in [0.2, 0.25) is 0 Å². The van der Waals surface area contributed by atoms with Crippen LogP contribution in [0.2, 0.25) is 0 Å². The van der Waals surface area contributed by atoms with E-state index in [4.69, 9.17) is 4.74 Å². The maximum Gasteiger partial charge on any atom is 0.253 e. The van der Waals surface area contributed by atoms with Gasteiger partial charge < -0.3 is 20.3 Å². The van der Waals surface area contributed by atoms with Crippen molar-refractivity contribution in [3.8, 4) is 0 Å². The van der Waals surface area contributed by atoms with E-state index in [1.807, 2.05) is 31.2 Å². The number of aliphatic imine (C=N–C) groups is 1. The van der Waals surface area contributed by atoms with Gasteiger partial charge in [0.05, 0.1) is 13.2 Å². The van der Waals surface area contributed by atoms with Gasteiger partial charge in [-0.3, -0.25) is 4.79 Å². The third-order valence-corrected chi connectivity index (χ3v) is 4.38. The van der Waals surface area contributed by atoms with E-state index >= 15 is 0 Å². The van der Waals surface area contributed by atoms with Gasteiger partial charge in [-0.1, -0.05) is 36.4 Å². The Hall–Kier alpha value is -2.13. The van der Waals surface area contributed by atoms with Crippen LogP contribution in [-0.4, -0.2) is 51.1 Å². The summed E-state index contributed by atoms with van der Waals surface area (Å²) in [5, 5.41) is 6.64. The Morgan fingerprint density at radius 1 is 1.03 bits per heavy atom. The van der Waals surface area contributed by atoms with Crippen molar-refractivity contribution in [1.29, 1.82) is 0 Å². The molecular formula is C23H33IN4O2. The molecule has 0 aliphatic heterocycles. The van der Waals surface area contributed by atoms with Crippen LogP contribution in [0.5, 0.6) is 0 Å². The minimum Gasteiger partial charge on any atom is -0.380 e.